The predicted octanol–water partition coefficient (Wildman–Crippen LogP) is 0.750. The quantitative estimate of drug-likeness (QED) is 0.385. The third-order valence-corrected chi connectivity index (χ3v) is 1.87. The van der Waals surface area contributed by atoms with E-state index in [0.717, 1.165) is 6.42 Å². The third kappa shape index (κ3) is 6.16. The van der Waals surface area contributed by atoms with Crippen LogP contribution in [0.4, 0.5) is 5.95 Å². The Morgan fingerprint density at radius 3 is 2.47 bits per heavy atom. The van der Waals surface area contributed by atoms with Crippen molar-refractivity contribution in [3.05, 3.63) is 0 Å². The number of anilines is 1. The fourth-order valence-corrected chi connectivity index (χ4v) is 1.17. The second-order valence-corrected chi connectivity index (χ2v) is 4.00. The van der Waals surface area contributed by atoms with Gasteiger partial charge in [0.25, 0.3) is 0 Å². The standard InChI is InChI=1S/C11H21N5O3/c1-4-5-17-6-7-18-10-13-9(16-12)14-11(15-10)19-8(2)3/h8H,4-7,12H2,1-3H3,(H,13,14,15,16). The van der Waals surface area contributed by atoms with Crippen molar-refractivity contribution in [3.8, 4) is 12.0 Å². The summed E-state index contributed by atoms with van der Waals surface area (Å²) >= 11 is 0. The van der Waals surface area contributed by atoms with Crippen molar-refractivity contribution in [2.45, 2.75) is 33.3 Å². The van der Waals surface area contributed by atoms with Gasteiger partial charge in [-0.3, -0.25) is 5.43 Å². The maximum absolute atomic E-state index is 5.37. The predicted molar refractivity (Wildman–Crippen MR) is 70.0 cm³/mol. The smallest absolute Gasteiger partial charge is 0.324 e. The van der Waals surface area contributed by atoms with Gasteiger partial charge in [0.1, 0.15) is 6.61 Å². The van der Waals surface area contributed by atoms with Crippen molar-refractivity contribution in [2.75, 3.05) is 25.2 Å². The highest BCUT2D eigenvalue weighted by Crippen LogP contribution is 2.13. The Labute approximate surface area is 112 Å². The molecule has 8 nitrogen and oxygen atoms in total. The van der Waals surface area contributed by atoms with E-state index in [9.17, 15) is 0 Å². The lowest BCUT2D eigenvalue weighted by atomic mass is 10.5. The van der Waals surface area contributed by atoms with Crippen LogP contribution in [0.2, 0.25) is 0 Å². The number of ether oxygens (including phenoxy) is 3. The minimum Gasteiger partial charge on any atom is -0.461 e. The Hall–Kier alpha value is -1.67. The van der Waals surface area contributed by atoms with E-state index in [1.807, 2.05) is 20.8 Å². The molecule has 19 heavy (non-hydrogen) atoms. The summed E-state index contributed by atoms with van der Waals surface area (Å²) in [5.74, 6) is 5.46. The number of nitrogens with one attached hydrogen (secondary N) is 1. The summed E-state index contributed by atoms with van der Waals surface area (Å²) < 4.78 is 16.0. The van der Waals surface area contributed by atoms with E-state index in [1.165, 1.54) is 0 Å². The molecular weight excluding hydrogens is 250 g/mol. The van der Waals surface area contributed by atoms with Gasteiger partial charge in [0, 0.05) is 6.61 Å². The molecule has 0 amide bonds. The van der Waals surface area contributed by atoms with E-state index in [0.29, 0.717) is 19.8 Å². The lowest BCUT2D eigenvalue weighted by Gasteiger charge is -2.10. The highest BCUT2D eigenvalue weighted by molar-refractivity contribution is 5.25. The fraction of sp³-hybridized carbons (Fsp3) is 0.727. The molecule has 1 heterocycles. The van der Waals surface area contributed by atoms with Crippen LogP contribution >= 0.6 is 0 Å². The number of hydrazine groups is 1. The monoisotopic (exact) mass is 271 g/mol. The van der Waals surface area contributed by atoms with Crippen LogP contribution in [0.3, 0.4) is 0 Å². The van der Waals surface area contributed by atoms with Crippen molar-refractivity contribution in [3.63, 3.8) is 0 Å². The third-order valence-electron chi connectivity index (χ3n) is 1.87. The fourth-order valence-electron chi connectivity index (χ4n) is 1.17. The molecule has 0 aliphatic carbocycles. The Kier molecular flexibility index (Phi) is 6.83. The summed E-state index contributed by atoms with van der Waals surface area (Å²) in [5.41, 5.74) is 2.34. The van der Waals surface area contributed by atoms with Crippen LogP contribution in [0, 0.1) is 0 Å². The normalized spacial score (nSPS) is 10.6. The molecule has 0 aromatic carbocycles. The second-order valence-electron chi connectivity index (χ2n) is 4.00. The first-order valence-electron chi connectivity index (χ1n) is 6.25. The number of nitrogen functional groups attached to an aromatic ring is 1. The summed E-state index contributed by atoms with van der Waals surface area (Å²) in [6.45, 7) is 7.33. The summed E-state index contributed by atoms with van der Waals surface area (Å²) in [6, 6.07) is 0.320. The molecule has 1 rings (SSSR count). The molecule has 108 valence electrons. The van der Waals surface area contributed by atoms with Gasteiger partial charge < -0.3 is 14.2 Å². The van der Waals surface area contributed by atoms with E-state index in [4.69, 9.17) is 20.1 Å². The summed E-state index contributed by atoms with van der Waals surface area (Å²) in [5, 5.41) is 0. The molecule has 0 saturated carbocycles. The van der Waals surface area contributed by atoms with Gasteiger partial charge in [-0.25, -0.2) is 5.84 Å². The SMILES string of the molecule is CCCOCCOc1nc(NN)nc(OC(C)C)n1. The number of nitrogens with zero attached hydrogens (tertiary/aromatic N) is 3. The molecule has 0 aliphatic rings. The highest BCUT2D eigenvalue weighted by atomic mass is 16.5. The first-order valence-corrected chi connectivity index (χ1v) is 6.25. The Morgan fingerprint density at radius 2 is 1.84 bits per heavy atom. The zero-order valence-electron chi connectivity index (χ0n) is 11.5. The first-order chi connectivity index (χ1) is 9.15. The molecule has 8 heteroatoms. The average molecular weight is 271 g/mol. The lowest BCUT2D eigenvalue weighted by molar-refractivity contribution is 0.0964. The minimum atomic E-state index is -0.0474. The van der Waals surface area contributed by atoms with Gasteiger partial charge in [-0.2, -0.15) is 9.97 Å². The van der Waals surface area contributed by atoms with Crippen LogP contribution in [0.25, 0.3) is 0 Å². The molecular formula is C11H21N5O3. The van der Waals surface area contributed by atoms with Gasteiger partial charge in [-0.1, -0.05) is 6.92 Å². The van der Waals surface area contributed by atoms with Gasteiger partial charge >= 0.3 is 12.0 Å². The number of nitrogens with two attached hydrogens (primary N) is 1. The Balaban J connectivity index is 2.55. The Morgan fingerprint density at radius 1 is 1.11 bits per heavy atom. The van der Waals surface area contributed by atoms with Gasteiger partial charge in [0.2, 0.25) is 5.95 Å². The number of aromatic nitrogens is 3. The van der Waals surface area contributed by atoms with E-state index in [-0.39, 0.29) is 24.1 Å². The van der Waals surface area contributed by atoms with Crippen molar-refractivity contribution in [1.29, 1.82) is 0 Å². The van der Waals surface area contributed by atoms with Crippen molar-refractivity contribution >= 4 is 5.95 Å². The number of hydrogen-bond donors (Lipinski definition) is 2. The largest absolute Gasteiger partial charge is 0.461 e. The molecule has 0 aliphatic heterocycles. The van der Waals surface area contributed by atoms with Gasteiger partial charge in [0.05, 0.1) is 12.7 Å². The van der Waals surface area contributed by atoms with E-state index < -0.39 is 0 Å². The van der Waals surface area contributed by atoms with Crippen molar-refractivity contribution in [1.82, 2.24) is 15.0 Å². The van der Waals surface area contributed by atoms with Crippen molar-refractivity contribution in [2.24, 2.45) is 5.84 Å². The summed E-state index contributed by atoms with van der Waals surface area (Å²) in [7, 11) is 0. The molecule has 0 saturated heterocycles. The molecule has 0 bridgehead atoms. The first kappa shape index (κ1) is 15.4. The zero-order chi connectivity index (χ0) is 14.1. The molecule has 3 N–H and O–H groups in total. The van der Waals surface area contributed by atoms with Crippen molar-refractivity contribution < 1.29 is 14.2 Å². The maximum atomic E-state index is 5.37. The molecule has 1 aromatic rings. The van der Waals surface area contributed by atoms with E-state index in [2.05, 4.69) is 20.4 Å². The number of hydrogen-bond acceptors (Lipinski definition) is 8. The van der Waals surface area contributed by atoms with E-state index >= 15 is 0 Å². The number of rotatable bonds is 9. The molecule has 0 radical (unpaired) electrons. The van der Waals surface area contributed by atoms with Crippen LogP contribution in [0.5, 0.6) is 12.0 Å². The van der Waals surface area contributed by atoms with Gasteiger partial charge in [-0.05, 0) is 20.3 Å². The van der Waals surface area contributed by atoms with Crippen LogP contribution < -0.4 is 20.7 Å². The van der Waals surface area contributed by atoms with Crippen LogP contribution in [0.15, 0.2) is 0 Å². The summed E-state index contributed by atoms with van der Waals surface area (Å²) in [6.07, 6.45) is 0.924. The minimum absolute atomic E-state index is 0.0474. The van der Waals surface area contributed by atoms with Crippen LogP contribution in [-0.2, 0) is 4.74 Å². The van der Waals surface area contributed by atoms with Gasteiger partial charge in [-0.15, -0.1) is 4.98 Å². The second kappa shape index (κ2) is 8.44. The topological polar surface area (TPSA) is 104 Å². The average Bonchev–Trinajstić information content (AvgIpc) is 2.37. The molecule has 0 spiro atoms. The van der Waals surface area contributed by atoms with Crippen LogP contribution in [-0.4, -0.2) is 40.9 Å². The molecule has 0 atom stereocenters. The van der Waals surface area contributed by atoms with Gasteiger partial charge in [0.15, 0.2) is 0 Å². The van der Waals surface area contributed by atoms with Crippen LogP contribution in [0.1, 0.15) is 27.2 Å². The molecule has 1 aromatic heterocycles. The maximum Gasteiger partial charge on any atom is 0.324 e. The summed E-state index contributed by atoms with van der Waals surface area (Å²) in [4.78, 5) is 11.9. The molecule has 0 unspecified atom stereocenters. The highest BCUT2D eigenvalue weighted by Gasteiger charge is 2.09. The zero-order valence-corrected chi connectivity index (χ0v) is 11.5. The Bertz CT molecular complexity index is 375. The molecule has 0 fully saturated rings. The van der Waals surface area contributed by atoms with E-state index in [1.54, 1.807) is 0 Å². The lowest BCUT2D eigenvalue weighted by Crippen LogP contribution is -2.16.